The van der Waals surface area contributed by atoms with Crippen molar-refractivity contribution in [2.45, 2.75) is 0 Å². The van der Waals surface area contributed by atoms with Gasteiger partial charge in [0.25, 0.3) is 0 Å². The van der Waals surface area contributed by atoms with Gasteiger partial charge in [-0.3, -0.25) is 9.98 Å². The number of hydrogen-bond acceptors (Lipinski definition) is 4. The van der Waals surface area contributed by atoms with Crippen LogP contribution in [-0.4, -0.2) is 48.9 Å². The Morgan fingerprint density at radius 1 is 0.750 bits per heavy atom. The predicted octanol–water partition coefficient (Wildman–Crippen LogP) is 2.82. The van der Waals surface area contributed by atoms with Crippen LogP contribution in [0.3, 0.4) is 0 Å². The highest BCUT2D eigenvalue weighted by Crippen LogP contribution is 2.26. The van der Waals surface area contributed by atoms with Gasteiger partial charge in [0.2, 0.25) is 0 Å². The molecule has 0 heterocycles. The lowest BCUT2D eigenvalue weighted by Crippen LogP contribution is -1.97. The lowest BCUT2D eigenvalue weighted by molar-refractivity contribution is 0.306. The monoisotopic (exact) mass is 320 g/mol. The van der Waals surface area contributed by atoms with Crippen LogP contribution in [0.2, 0.25) is 0 Å². The first-order chi connectivity index (χ1) is 11.8. The van der Waals surface area contributed by atoms with E-state index in [1.165, 1.54) is 10.8 Å². The quantitative estimate of drug-likeness (QED) is 0.542. The van der Waals surface area contributed by atoms with Gasteiger partial charge in [-0.1, -0.05) is 36.4 Å². The molecule has 0 amide bonds. The zero-order valence-corrected chi connectivity index (χ0v) is 13.4. The second kappa shape index (κ2) is 7.81. The molecule has 0 aliphatic heterocycles. The van der Waals surface area contributed by atoms with Crippen molar-refractivity contribution in [3.8, 4) is 0 Å². The van der Waals surface area contributed by atoms with E-state index in [1.807, 2.05) is 18.2 Å². The molecule has 0 saturated carbocycles. The van der Waals surface area contributed by atoms with Gasteiger partial charge in [0.05, 0.1) is 26.3 Å². The summed E-state index contributed by atoms with van der Waals surface area (Å²) in [6, 6.07) is 16.7. The molecule has 3 aromatic rings. The molecule has 0 aromatic heterocycles. The minimum absolute atomic E-state index is 0.0259. The van der Waals surface area contributed by atoms with Crippen molar-refractivity contribution < 1.29 is 10.2 Å². The number of aliphatic hydroxyl groups is 2. The van der Waals surface area contributed by atoms with E-state index in [0.717, 1.165) is 21.9 Å². The number of aliphatic hydroxyl groups excluding tert-OH is 2. The molecule has 0 atom stereocenters. The van der Waals surface area contributed by atoms with Crippen LogP contribution in [0.1, 0.15) is 11.1 Å². The first kappa shape index (κ1) is 16.3. The maximum Gasteiger partial charge on any atom is 0.0626 e. The largest absolute Gasteiger partial charge is 0.394 e. The first-order valence-electron chi connectivity index (χ1n) is 8.00. The van der Waals surface area contributed by atoms with Gasteiger partial charge in [-0.05, 0) is 33.7 Å². The van der Waals surface area contributed by atoms with Gasteiger partial charge in [0.15, 0.2) is 0 Å². The fourth-order valence-electron chi connectivity index (χ4n) is 2.74. The van der Waals surface area contributed by atoms with Crippen molar-refractivity contribution in [2.75, 3.05) is 26.3 Å². The Hall–Kier alpha value is -2.56. The number of hydrogen-bond donors (Lipinski definition) is 2. The molecule has 0 bridgehead atoms. The highest BCUT2D eigenvalue weighted by Gasteiger charge is 2.06. The van der Waals surface area contributed by atoms with E-state index in [1.54, 1.807) is 12.4 Å². The molecule has 122 valence electrons. The molecular weight excluding hydrogens is 300 g/mol. The van der Waals surface area contributed by atoms with Gasteiger partial charge < -0.3 is 10.2 Å². The van der Waals surface area contributed by atoms with E-state index in [2.05, 4.69) is 40.3 Å². The first-order valence-corrected chi connectivity index (χ1v) is 8.00. The number of nitrogens with zero attached hydrogens (tertiary/aromatic N) is 2. The SMILES string of the molecule is OCCN=Cc1ccc2cc3ccccc3cc2c1C=NCCO. The Balaban J connectivity index is 2.19. The van der Waals surface area contributed by atoms with Crippen molar-refractivity contribution in [3.05, 3.63) is 59.7 Å². The second-order valence-corrected chi connectivity index (χ2v) is 5.51. The summed E-state index contributed by atoms with van der Waals surface area (Å²) in [6.07, 6.45) is 3.57. The lowest BCUT2D eigenvalue weighted by atomic mass is 9.97. The molecule has 2 N–H and O–H groups in total. The molecule has 0 unspecified atom stereocenters. The Morgan fingerprint density at radius 3 is 2.12 bits per heavy atom. The molecule has 0 aliphatic carbocycles. The zero-order chi connectivity index (χ0) is 16.8. The lowest BCUT2D eigenvalue weighted by Gasteiger charge is -2.09. The molecule has 0 saturated heterocycles. The summed E-state index contributed by atoms with van der Waals surface area (Å²) in [4.78, 5) is 8.53. The molecule has 24 heavy (non-hydrogen) atoms. The summed E-state index contributed by atoms with van der Waals surface area (Å²) >= 11 is 0. The highest BCUT2D eigenvalue weighted by atomic mass is 16.3. The molecule has 0 spiro atoms. The Bertz CT molecular complexity index is 901. The van der Waals surface area contributed by atoms with Crippen LogP contribution in [0.15, 0.2) is 58.5 Å². The maximum absolute atomic E-state index is 8.97. The van der Waals surface area contributed by atoms with Crippen molar-refractivity contribution >= 4 is 34.0 Å². The summed E-state index contributed by atoms with van der Waals surface area (Å²) < 4.78 is 0. The van der Waals surface area contributed by atoms with Gasteiger partial charge in [0.1, 0.15) is 0 Å². The van der Waals surface area contributed by atoms with Crippen molar-refractivity contribution in [2.24, 2.45) is 9.98 Å². The third-order valence-corrected chi connectivity index (χ3v) is 3.87. The van der Waals surface area contributed by atoms with E-state index in [-0.39, 0.29) is 13.2 Å². The van der Waals surface area contributed by atoms with Gasteiger partial charge >= 0.3 is 0 Å². The summed E-state index contributed by atoms with van der Waals surface area (Å²) in [5.74, 6) is 0. The molecule has 3 aromatic carbocycles. The van der Waals surface area contributed by atoms with Crippen molar-refractivity contribution in [1.82, 2.24) is 0 Å². The Morgan fingerprint density at radius 2 is 1.42 bits per heavy atom. The fraction of sp³-hybridized carbons (Fsp3) is 0.200. The number of benzene rings is 3. The van der Waals surface area contributed by atoms with E-state index >= 15 is 0 Å². The van der Waals surface area contributed by atoms with E-state index in [0.29, 0.717) is 13.1 Å². The molecule has 0 radical (unpaired) electrons. The van der Waals surface area contributed by atoms with Gasteiger partial charge in [-0.15, -0.1) is 0 Å². The second-order valence-electron chi connectivity index (χ2n) is 5.51. The maximum atomic E-state index is 8.97. The molecule has 4 nitrogen and oxygen atoms in total. The topological polar surface area (TPSA) is 65.2 Å². The molecule has 0 fully saturated rings. The van der Waals surface area contributed by atoms with Crippen LogP contribution in [0.5, 0.6) is 0 Å². The van der Waals surface area contributed by atoms with Crippen molar-refractivity contribution in [3.63, 3.8) is 0 Å². The molecule has 0 aliphatic rings. The van der Waals surface area contributed by atoms with Crippen LogP contribution in [0, 0.1) is 0 Å². The average molecular weight is 320 g/mol. The highest BCUT2D eigenvalue weighted by molar-refractivity contribution is 6.10. The van der Waals surface area contributed by atoms with Crippen molar-refractivity contribution in [1.29, 1.82) is 0 Å². The van der Waals surface area contributed by atoms with E-state index < -0.39 is 0 Å². The van der Waals surface area contributed by atoms with Crippen LogP contribution < -0.4 is 0 Å². The molecular formula is C20H20N2O2. The van der Waals surface area contributed by atoms with Gasteiger partial charge in [-0.2, -0.15) is 0 Å². The van der Waals surface area contributed by atoms with Crippen LogP contribution in [0.4, 0.5) is 0 Å². The van der Waals surface area contributed by atoms with E-state index in [9.17, 15) is 0 Å². The zero-order valence-electron chi connectivity index (χ0n) is 13.4. The third kappa shape index (κ3) is 3.50. The summed E-state index contributed by atoms with van der Waals surface area (Å²) in [5.41, 5.74) is 1.93. The fourth-order valence-corrected chi connectivity index (χ4v) is 2.74. The van der Waals surface area contributed by atoms with Gasteiger partial charge in [-0.25, -0.2) is 0 Å². The van der Waals surface area contributed by atoms with E-state index in [4.69, 9.17) is 10.2 Å². The van der Waals surface area contributed by atoms with Crippen LogP contribution in [-0.2, 0) is 0 Å². The Kier molecular flexibility index (Phi) is 5.31. The Labute approximate surface area is 140 Å². The molecule has 3 rings (SSSR count). The summed E-state index contributed by atoms with van der Waals surface area (Å²) in [6.45, 7) is 0.807. The van der Waals surface area contributed by atoms with Crippen LogP contribution in [0.25, 0.3) is 21.5 Å². The minimum Gasteiger partial charge on any atom is -0.394 e. The minimum atomic E-state index is 0.0259. The summed E-state index contributed by atoms with van der Waals surface area (Å²) in [7, 11) is 0. The van der Waals surface area contributed by atoms with Crippen LogP contribution >= 0.6 is 0 Å². The third-order valence-electron chi connectivity index (χ3n) is 3.87. The standard InChI is InChI=1S/C20H20N2O2/c23-9-7-21-13-18-6-5-17-11-15-3-1-2-4-16(15)12-19(17)20(18)14-22-8-10-24/h1-6,11-14,23-24H,7-10H2. The smallest absolute Gasteiger partial charge is 0.0626 e. The predicted molar refractivity (Wildman–Crippen MR) is 101 cm³/mol. The summed E-state index contributed by atoms with van der Waals surface area (Å²) in [5, 5.41) is 22.5. The normalized spacial score (nSPS) is 12.1. The number of fused-ring (bicyclic) bond motifs is 2. The number of aliphatic imine (C=N–C) groups is 2. The average Bonchev–Trinajstić information content (AvgIpc) is 2.61. The number of rotatable bonds is 6. The molecule has 4 heteroatoms. The van der Waals surface area contributed by atoms with Gasteiger partial charge in [0, 0.05) is 23.6 Å².